The van der Waals surface area contributed by atoms with Gasteiger partial charge in [-0.05, 0) is 49.2 Å². The van der Waals surface area contributed by atoms with Crippen molar-refractivity contribution in [2.75, 3.05) is 0 Å². The second-order valence-corrected chi connectivity index (χ2v) is 7.98. The molecule has 2 saturated heterocycles. The number of benzene rings is 2. The van der Waals surface area contributed by atoms with Gasteiger partial charge in [-0.2, -0.15) is 0 Å². The number of halogens is 2. The third-order valence-electron chi connectivity index (χ3n) is 4.42. The number of hydrogen-bond acceptors (Lipinski definition) is 4. The summed E-state index contributed by atoms with van der Waals surface area (Å²) < 4.78 is 11.2. The molecule has 2 aromatic rings. The van der Waals surface area contributed by atoms with Crippen LogP contribution in [0.4, 0.5) is 9.59 Å². The first-order valence-corrected chi connectivity index (χ1v) is 9.96. The Labute approximate surface area is 176 Å². The van der Waals surface area contributed by atoms with E-state index in [1.165, 1.54) is 0 Å². The van der Waals surface area contributed by atoms with Crippen molar-refractivity contribution in [1.82, 2.24) is 10.6 Å². The lowest BCUT2D eigenvalue weighted by Crippen LogP contribution is -2.23. The number of carbonyl (C=O) groups is 2. The number of carbonyl (C=O) groups excluding carboxylic acids is 2. The van der Waals surface area contributed by atoms with E-state index in [1.807, 2.05) is 56.3 Å². The minimum absolute atomic E-state index is 0.0130. The van der Waals surface area contributed by atoms with Crippen molar-refractivity contribution in [3.8, 4) is 0 Å². The van der Waals surface area contributed by atoms with Crippen molar-refractivity contribution in [3.05, 3.63) is 69.2 Å². The highest BCUT2D eigenvalue weighted by Gasteiger charge is 2.32. The molecule has 2 N–H and O–H groups in total. The molecule has 2 heterocycles. The third kappa shape index (κ3) is 4.97. The van der Waals surface area contributed by atoms with Gasteiger partial charge in [-0.1, -0.05) is 51.8 Å². The number of alkyl carbamates (subject to hydrolysis) is 2. The van der Waals surface area contributed by atoms with E-state index in [-0.39, 0.29) is 36.5 Å². The van der Waals surface area contributed by atoms with Crippen molar-refractivity contribution < 1.29 is 19.1 Å². The van der Waals surface area contributed by atoms with Crippen LogP contribution in [0.25, 0.3) is 0 Å². The molecular weight excluding hydrogens is 448 g/mol. The number of hydrogen-bond donors (Lipinski definition) is 2. The summed E-state index contributed by atoms with van der Waals surface area (Å²) in [6.07, 6.45) is -1.13. The van der Waals surface area contributed by atoms with Gasteiger partial charge in [0, 0.05) is 9.50 Å². The molecule has 6 nitrogen and oxygen atoms in total. The molecule has 2 aliphatic heterocycles. The SMILES string of the molecule is C[C@@H]1NC(=O)O[C@H]1c1cccc(Br)c1.C[C@@H]1NC(=O)O[C@H]1c1cccc(Cl)c1. The van der Waals surface area contributed by atoms with Gasteiger partial charge >= 0.3 is 12.2 Å². The molecule has 0 saturated carbocycles. The van der Waals surface area contributed by atoms with Crippen LogP contribution in [0.5, 0.6) is 0 Å². The lowest BCUT2D eigenvalue weighted by Gasteiger charge is -2.12. The lowest BCUT2D eigenvalue weighted by atomic mass is 10.0. The zero-order chi connectivity index (χ0) is 20.3. The average molecular weight is 468 g/mol. The van der Waals surface area contributed by atoms with E-state index in [0.717, 1.165) is 15.6 Å². The Morgan fingerprint density at radius 1 is 0.857 bits per heavy atom. The average Bonchev–Trinajstić information content (AvgIpc) is 3.16. The fraction of sp³-hybridized carbons (Fsp3) is 0.300. The zero-order valence-corrected chi connectivity index (χ0v) is 17.7. The first kappa shape index (κ1) is 20.5. The summed E-state index contributed by atoms with van der Waals surface area (Å²) >= 11 is 9.23. The molecule has 0 spiro atoms. The zero-order valence-electron chi connectivity index (χ0n) is 15.3. The van der Waals surface area contributed by atoms with Crippen molar-refractivity contribution in [2.24, 2.45) is 0 Å². The molecular formula is C20H20BrClN2O4. The van der Waals surface area contributed by atoms with Gasteiger partial charge in [-0.3, -0.25) is 0 Å². The fourth-order valence-corrected chi connectivity index (χ4v) is 3.72. The van der Waals surface area contributed by atoms with E-state index in [1.54, 1.807) is 6.07 Å². The minimum Gasteiger partial charge on any atom is -0.439 e. The quantitative estimate of drug-likeness (QED) is 0.642. The smallest absolute Gasteiger partial charge is 0.408 e. The molecule has 2 fully saturated rings. The summed E-state index contributed by atoms with van der Waals surface area (Å²) in [5.41, 5.74) is 1.92. The monoisotopic (exact) mass is 466 g/mol. The van der Waals surface area contributed by atoms with Crippen LogP contribution < -0.4 is 10.6 Å². The molecule has 0 aliphatic carbocycles. The van der Waals surface area contributed by atoms with Crippen LogP contribution in [0.2, 0.25) is 5.02 Å². The van der Waals surface area contributed by atoms with Crippen molar-refractivity contribution in [1.29, 1.82) is 0 Å². The number of amides is 2. The number of nitrogens with one attached hydrogen (secondary N) is 2. The van der Waals surface area contributed by atoms with Crippen LogP contribution in [-0.4, -0.2) is 24.3 Å². The lowest BCUT2D eigenvalue weighted by molar-refractivity contribution is 0.133. The Bertz CT molecular complexity index is 807. The Morgan fingerprint density at radius 3 is 1.79 bits per heavy atom. The Kier molecular flexibility index (Phi) is 6.46. The molecule has 2 aromatic carbocycles. The number of rotatable bonds is 2. The van der Waals surface area contributed by atoms with Gasteiger partial charge in [0.1, 0.15) is 12.2 Å². The van der Waals surface area contributed by atoms with Crippen molar-refractivity contribution in [3.63, 3.8) is 0 Å². The summed E-state index contributed by atoms with van der Waals surface area (Å²) in [5, 5.41) is 6.04. The van der Waals surface area contributed by atoms with Gasteiger partial charge in [0.05, 0.1) is 12.1 Å². The van der Waals surface area contributed by atoms with Crippen LogP contribution in [0.1, 0.15) is 37.2 Å². The molecule has 0 aromatic heterocycles. The van der Waals surface area contributed by atoms with Gasteiger partial charge in [0.25, 0.3) is 0 Å². The second-order valence-electron chi connectivity index (χ2n) is 6.63. The maximum absolute atomic E-state index is 11.0. The number of ether oxygens (including phenoxy) is 2. The summed E-state index contributed by atoms with van der Waals surface area (Å²) in [5.74, 6) is 0. The maximum atomic E-state index is 11.0. The highest BCUT2D eigenvalue weighted by atomic mass is 79.9. The molecule has 2 amide bonds. The van der Waals surface area contributed by atoms with E-state index in [4.69, 9.17) is 21.1 Å². The largest absolute Gasteiger partial charge is 0.439 e. The molecule has 28 heavy (non-hydrogen) atoms. The van der Waals surface area contributed by atoms with Crippen LogP contribution in [0, 0.1) is 0 Å². The van der Waals surface area contributed by atoms with E-state index < -0.39 is 0 Å². The highest BCUT2D eigenvalue weighted by molar-refractivity contribution is 9.10. The van der Waals surface area contributed by atoms with Crippen molar-refractivity contribution >= 4 is 39.7 Å². The van der Waals surface area contributed by atoms with Gasteiger partial charge in [0.15, 0.2) is 0 Å². The van der Waals surface area contributed by atoms with Gasteiger partial charge in [-0.15, -0.1) is 0 Å². The van der Waals surface area contributed by atoms with Gasteiger partial charge in [0.2, 0.25) is 0 Å². The molecule has 4 atom stereocenters. The minimum atomic E-state index is -0.373. The predicted molar refractivity (Wildman–Crippen MR) is 109 cm³/mol. The van der Waals surface area contributed by atoms with Crippen LogP contribution in [0.3, 0.4) is 0 Å². The summed E-state index contributed by atoms with van der Waals surface area (Å²) in [7, 11) is 0. The molecule has 148 valence electrons. The van der Waals surface area contributed by atoms with E-state index >= 15 is 0 Å². The first-order chi connectivity index (χ1) is 13.3. The van der Waals surface area contributed by atoms with Crippen molar-refractivity contribution in [2.45, 2.75) is 38.1 Å². The Morgan fingerprint density at radius 2 is 1.36 bits per heavy atom. The van der Waals surface area contributed by atoms with Gasteiger partial charge in [-0.25, -0.2) is 9.59 Å². The highest BCUT2D eigenvalue weighted by Crippen LogP contribution is 2.28. The molecule has 0 radical (unpaired) electrons. The predicted octanol–water partition coefficient (Wildman–Crippen LogP) is 5.13. The molecule has 8 heteroatoms. The van der Waals surface area contributed by atoms with Crippen LogP contribution in [-0.2, 0) is 9.47 Å². The van der Waals surface area contributed by atoms with E-state index in [9.17, 15) is 9.59 Å². The summed E-state index contributed by atoms with van der Waals surface area (Å²) in [4.78, 5) is 21.9. The normalized spacial score (nSPS) is 25.7. The second kappa shape index (κ2) is 8.84. The maximum Gasteiger partial charge on any atom is 0.408 e. The van der Waals surface area contributed by atoms with E-state index in [0.29, 0.717) is 5.02 Å². The first-order valence-electron chi connectivity index (χ1n) is 8.78. The van der Waals surface area contributed by atoms with Crippen LogP contribution in [0.15, 0.2) is 53.0 Å². The molecule has 0 unspecified atom stereocenters. The number of cyclic esters (lactones) is 2. The fourth-order valence-electron chi connectivity index (χ4n) is 3.11. The van der Waals surface area contributed by atoms with Crippen LogP contribution >= 0.6 is 27.5 Å². The summed E-state index contributed by atoms with van der Waals surface area (Å²) in [6, 6.07) is 15.1. The standard InChI is InChI=1S/C10H10BrNO2.C10H10ClNO2/c2*1-6-9(14-10(13)12-6)7-3-2-4-8(11)5-7/h2*2-6,9H,1H3,(H,12,13)/t2*6-,9+/m00/s1. The third-order valence-corrected chi connectivity index (χ3v) is 5.15. The molecule has 4 rings (SSSR count). The molecule has 0 bridgehead atoms. The topological polar surface area (TPSA) is 76.7 Å². The van der Waals surface area contributed by atoms with E-state index in [2.05, 4.69) is 26.6 Å². The Hall–Kier alpha value is -2.25. The van der Waals surface area contributed by atoms with Gasteiger partial charge < -0.3 is 20.1 Å². The molecule has 2 aliphatic rings. The summed E-state index contributed by atoms with van der Waals surface area (Å²) in [6.45, 7) is 3.83. The Balaban J connectivity index is 0.000000161.